The minimum Gasteiger partial charge on any atom is -0.346 e. The third kappa shape index (κ3) is 2.60. The number of carbonyl (C=O) groups excluding carboxylic acids is 1. The fraction of sp³-hybridized carbons (Fsp3) is 0.105. The van der Waals surface area contributed by atoms with Crippen LogP contribution < -0.4 is 5.32 Å². The number of carbonyl (C=O) groups is 1. The largest absolute Gasteiger partial charge is 0.346 e. The normalized spacial score (nSPS) is 11.0. The molecule has 1 N–H and O–H groups in total. The number of pyridine rings is 2. The van der Waals surface area contributed by atoms with Crippen molar-refractivity contribution in [2.24, 2.45) is 0 Å². The Morgan fingerprint density at radius 2 is 2.08 bits per heavy atom. The van der Waals surface area contributed by atoms with Gasteiger partial charge in [-0.2, -0.15) is 0 Å². The molecule has 0 unspecified atom stereocenters. The fourth-order valence-electron chi connectivity index (χ4n) is 2.77. The van der Waals surface area contributed by atoms with Gasteiger partial charge in [0.05, 0.1) is 23.3 Å². The monoisotopic (exact) mass is 316 g/mol. The molecule has 1 amide bonds. The smallest absolute Gasteiger partial charge is 0.253 e. The van der Waals surface area contributed by atoms with E-state index in [1.165, 1.54) is 0 Å². The lowest BCUT2D eigenvalue weighted by Gasteiger charge is -2.06. The van der Waals surface area contributed by atoms with E-state index in [0.29, 0.717) is 17.6 Å². The molecule has 0 saturated heterocycles. The molecule has 0 saturated carbocycles. The third-order valence-corrected chi connectivity index (χ3v) is 3.97. The first-order valence-corrected chi connectivity index (χ1v) is 7.77. The molecule has 24 heavy (non-hydrogen) atoms. The van der Waals surface area contributed by atoms with Gasteiger partial charge in [0.1, 0.15) is 5.65 Å². The van der Waals surface area contributed by atoms with Gasteiger partial charge in [0.15, 0.2) is 0 Å². The van der Waals surface area contributed by atoms with Crippen LogP contribution in [-0.4, -0.2) is 20.3 Å². The lowest BCUT2D eigenvalue weighted by atomic mass is 10.1. The summed E-state index contributed by atoms with van der Waals surface area (Å²) < 4.78 is 1.95. The Balaban J connectivity index is 1.57. The number of nitrogens with zero attached hydrogens (tertiary/aromatic N) is 3. The predicted octanol–water partition coefficient (Wildman–Crippen LogP) is 3.12. The summed E-state index contributed by atoms with van der Waals surface area (Å²) in [5, 5.41) is 3.88. The summed E-state index contributed by atoms with van der Waals surface area (Å²) in [6.45, 7) is 2.41. The Labute approximate surface area is 139 Å². The Kier molecular flexibility index (Phi) is 3.46. The molecule has 4 aromatic rings. The zero-order valence-corrected chi connectivity index (χ0v) is 13.2. The molecule has 118 valence electrons. The number of para-hydroxylation sites is 1. The molecule has 0 bridgehead atoms. The molecule has 1 aromatic carbocycles. The third-order valence-electron chi connectivity index (χ3n) is 3.97. The van der Waals surface area contributed by atoms with Gasteiger partial charge in [-0.3, -0.25) is 9.78 Å². The summed E-state index contributed by atoms with van der Waals surface area (Å²) >= 11 is 0. The number of amides is 1. The number of hydrogen-bond acceptors (Lipinski definition) is 3. The summed E-state index contributed by atoms with van der Waals surface area (Å²) in [5.74, 6) is -0.146. The van der Waals surface area contributed by atoms with Crippen LogP contribution in [0, 0.1) is 6.92 Å². The van der Waals surface area contributed by atoms with Gasteiger partial charge >= 0.3 is 0 Å². The maximum absolute atomic E-state index is 12.5. The van der Waals surface area contributed by atoms with E-state index in [0.717, 1.165) is 22.3 Å². The number of imidazole rings is 1. The van der Waals surface area contributed by atoms with Crippen molar-refractivity contribution >= 4 is 22.5 Å². The number of nitrogens with one attached hydrogen (secondary N) is 1. The maximum atomic E-state index is 12.5. The van der Waals surface area contributed by atoms with E-state index in [4.69, 9.17) is 0 Å². The summed E-state index contributed by atoms with van der Waals surface area (Å²) in [7, 11) is 0. The van der Waals surface area contributed by atoms with Crippen molar-refractivity contribution in [1.82, 2.24) is 19.7 Å². The summed E-state index contributed by atoms with van der Waals surface area (Å²) in [5.41, 5.74) is 4.15. The van der Waals surface area contributed by atoms with Gasteiger partial charge in [0.25, 0.3) is 5.91 Å². The van der Waals surface area contributed by atoms with E-state index in [-0.39, 0.29) is 5.91 Å². The zero-order valence-electron chi connectivity index (χ0n) is 13.2. The van der Waals surface area contributed by atoms with Crippen molar-refractivity contribution in [3.63, 3.8) is 0 Å². The van der Waals surface area contributed by atoms with E-state index < -0.39 is 0 Å². The molecule has 0 aliphatic rings. The highest BCUT2D eigenvalue weighted by Crippen LogP contribution is 2.16. The number of aromatic nitrogens is 3. The summed E-state index contributed by atoms with van der Waals surface area (Å²) in [6, 6.07) is 13.5. The van der Waals surface area contributed by atoms with Crippen molar-refractivity contribution in [3.05, 3.63) is 77.9 Å². The van der Waals surface area contributed by atoms with Crippen LogP contribution in [0.1, 0.15) is 21.6 Å². The van der Waals surface area contributed by atoms with E-state index in [2.05, 4.69) is 15.3 Å². The molecule has 0 fully saturated rings. The van der Waals surface area contributed by atoms with E-state index in [1.54, 1.807) is 12.3 Å². The molecule has 3 heterocycles. The maximum Gasteiger partial charge on any atom is 0.253 e. The second-order valence-electron chi connectivity index (χ2n) is 5.77. The highest BCUT2D eigenvalue weighted by Gasteiger charge is 2.11. The Morgan fingerprint density at radius 1 is 1.21 bits per heavy atom. The van der Waals surface area contributed by atoms with Gasteiger partial charge in [0.2, 0.25) is 0 Å². The van der Waals surface area contributed by atoms with Gasteiger partial charge in [0, 0.05) is 24.0 Å². The molecule has 0 radical (unpaired) electrons. The van der Waals surface area contributed by atoms with Crippen molar-refractivity contribution in [1.29, 1.82) is 0 Å². The molecule has 5 heteroatoms. The Morgan fingerprint density at radius 3 is 3.00 bits per heavy atom. The van der Waals surface area contributed by atoms with Crippen molar-refractivity contribution in [2.45, 2.75) is 13.5 Å². The number of rotatable bonds is 3. The highest BCUT2D eigenvalue weighted by molar-refractivity contribution is 6.05. The van der Waals surface area contributed by atoms with Gasteiger partial charge in [-0.25, -0.2) is 4.98 Å². The highest BCUT2D eigenvalue weighted by atomic mass is 16.1. The quantitative estimate of drug-likeness (QED) is 0.632. The first-order chi connectivity index (χ1) is 11.7. The molecular formula is C19H16N4O. The van der Waals surface area contributed by atoms with Crippen LogP contribution in [-0.2, 0) is 6.54 Å². The molecule has 0 spiro atoms. The second-order valence-corrected chi connectivity index (χ2v) is 5.77. The number of hydrogen-bond donors (Lipinski definition) is 1. The predicted molar refractivity (Wildman–Crippen MR) is 92.8 cm³/mol. The molecule has 4 rings (SSSR count). The topological polar surface area (TPSA) is 59.3 Å². The average Bonchev–Trinajstić information content (AvgIpc) is 3.01. The number of benzene rings is 1. The standard InChI is InChI=1S/C19H16N4O/c1-13-7-9-23-12-15(22-17(23)10-13)11-21-19(24)16-6-2-4-14-5-3-8-20-18(14)16/h2-10,12H,11H2,1H3,(H,21,24). The van der Waals surface area contributed by atoms with Crippen LogP contribution in [0.15, 0.2) is 61.1 Å². The van der Waals surface area contributed by atoms with E-state index in [9.17, 15) is 4.79 Å². The van der Waals surface area contributed by atoms with Crippen LogP contribution in [0.5, 0.6) is 0 Å². The van der Waals surface area contributed by atoms with Crippen LogP contribution in [0.2, 0.25) is 0 Å². The molecule has 0 aliphatic heterocycles. The van der Waals surface area contributed by atoms with E-state index in [1.807, 2.05) is 60.1 Å². The summed E-state index contributed by atoms with van der Waals surface area (Å²) in [4.78, 5) is 21.4. The van der Waals surface area contributed by atoms with Gasteiger partial charge in [-0.15, -0.1) is 0 Å². The minimum absolute atomic E-state index is 0.146. The van der Waals surface area contributed by atoms with Crippen molar-refractivity contribution in [3.8, 4) is 0 Å². The average molecular weight is 316 g/mol. The van der Waals surface area contributed by atoms with Crippen LogP contribution in [0.25, 0.3) is 16.6 Å². The lowest BCUT2D eigenvalue weighted by Crippen LogP contribution is -2.23. The molecule has 0 atom stereocenters. The van der Waals surface area contributed by atoms with Gasteiger partial charge in [-0.1, -0.05) is 18.2 Å². The first kappa shape index (κ1) is 14.4. The molecular weight excluding hydrogens is 300 g/mol. The van der Waals surface area contributed by atoms with Gasteiger partial charge < -0.3 is 9.72 Å². The fourth-order valence-corrected chi connectivity index (χ4v) is 2.77. The minimum atomic E-state index is -0.146. The second kappa shape index (κ2) is 5.77. The first-order valence-electron chi connectivity index (χ1n) is 7.77. The van der Waals surface area contributed by atoms with Crippen LogP contribution in [0.3, 0.4) is 0 Å². The molecule has 0 aliphatic carbocycles. The van der Waals surface area contributed by atoms with E-state index >= 15 is 0 Å². The summed E-state index contributed by atoms with van der Waals surface area (Å²) in [6.07, 6.45) is 5.59. The van der Waals surface area contributed by atoms with Crippen molar-refractivity contribution < 1.29 is 4.79 Å². The number of aryl methyl sites for hydroxylation is 1. The van der Waals surface area contributed by atoms with Gasteiger partial charge in [-0.05, 0) is 36.8 Å². The van der Waals surface area contributed by atoms with Crippen LogP contribution in [0.4, 0.5) is 0 Å². The molecule has 3 aromatic heterocycles. The zero-order chi connectivity index (χ0) is 16.5. The Hall–Kier alpha value is -3.21. The Bertz CT molecular complexity index is 1050. The lowest BCUT2D eigenvalue weighted by molar-refractivity contribution is 0.0952. The van der Waals surface area contributed by atoms with Crippen molar-refractivity contribution in [2.75, 3.05) is 0 Å². The molecule has 5 nitrogen and oxygen atoms in total. The SMILES string of the molecule is Cc1ccn2cc(CNC(=O)c3cccc4cccnc34)nc2c1. The number of fused-ring (bicyclic) bond motifs is 2. The van der Waals surface area contributed by atoms with Crippen LogP contribution >= 0.6 is 0 Å².